The Kier molecular flexibility index (Phi) is 4.67. The van der Waals surface area contributed by atoms with E-state index in [2.05, 4.69) is 5.32 Å². The number of furan rings is 2. The minimum Gasteiger partial charge on any atom is -0.495 e. The van der Waals surface area contributed by atoms with E-state index in [9.17, 15) is 14.4 Å². The van der Waals surface area contributed by atoms with E-state index in [1.807, 2.05) is 30.3 Å². The summed E-state index contributed by atoms with van der Waals surface area (Å²) in [6, 6.07) is 19.0. The van der Waals surface area contributed by atoms with Crippen molar-refractivity contribution >= 4 is 45.3 Å². The summed E-state index contributed by atoms with van der Waals surface area (Å²) < 4.78 is 16.7. The van der Waals surface area contributed by atoms with Gasteiger partial charge in [0.05, 0.1) is 36.7 Å². The predicted molar refractivity (Wildman–Crippen MR) is 128 cm³/mol. The van der Waals surface area contributed by atoms with Crippen LogP contribution in [0.5, 0.6) is 5.75 Å². The Balaban J connectivity index is 1.30. The monoisotopic (exact) mass is 466 g/mol. The van der Waals surface area contributed by atoms with Gasteiger partial charge in [0.2, 0.25) is 0 Å². The summed E-state index contributed by atoms with van der Waals surface area (Å²) in [5.41, 5.74) is 2.41. The van der Waals surface area contributed by atoms with E-state index in [1.165, 1.54) is 31.6 Å². The fourth-order valence-corrected chi connectivity index (χ4v) is 4.35. The van der Waals surface area contributed by atoms with Crippen molar-refractivity contribution in [1.29, 1.82) is 0 Å². The van der Waals surface area contributed by atoms with Crippen LogP contribution < -0.4 is 10.1 Å². The molecule has 6 rings (SSSR count). The molecule has 1 aliphatic rings. The van der Waals surface area contributed by atoms with Gasteiger partial charge in [0, 0.05) is 22.4 Å². The van der Waals surface area contributed by atoms with Crippen LogP contribution in [-0.4, -0.2) is 29.7 Å². The quantitative estimate of drug-likeness (QED) is 0.356. The van der Waals surface area contributed by atoms with Gasteiger partial charge in [-0.3, -0.25) is 19.3 Å². The lowest BCUT2D eigenvalue weighted by Crippen LogP contribution is -2.28. The van der Waals surface area contributed by atoms with Gasteiger partial charge >= 0.3 is 0 Å². The lowest BCUT2D eigenvalue weighted by molar-refractivity contribution is 0.0631. The first-order chi connectivity index (χ1) is 17.0. The highest BCUT2D eigenvalue weighted by Gasteiger charge is 2.36. The summed E-state index contributed by atoms with van der Waals surface area (Å²) in [5, 5.41) is 4.64. The number of benzene rings is 3. The molecule has 0 aliphatic carbocycles. The standard InChI is InChI=1S/C27H18N2O6/c1-33-24-12-19-17-6-2-3-7-22(17)35-23(19)13-21(24)28-25(30)15-8-9-18-20(11-15)27(32)29(26(18)31)14-16-5-4-10-34-16/h2-13H,14H2,1H3,(H,28,30). The van der Waals surface area contributed by atoms with Crippen molar-refractivity contribution in [3.8, 4) is 5.75 Å². The van der Waals surface area contributed by atoms with Crippen molar-refractivity contribution in [2.75, 3.05) is 12.4 Å². The van der Waals surface area contributed by atoms with Crippen LogP contribution in [0.2, 0.25) is 0 Å². The molecule has 3 aromatic carbocycles. The molecule has 0 fully saturated rings. The van der Waals surface area contributed by atoms with Crippen molar-refractivity contribution in [2.24, 2.45) is 0 Å². The molecule has 3 heterocycles. The van der Waals surface area contributed by atoms with Crippen LogP contribution in [-0.2, 0) is 6.54 Å². The van der Waals surface area contributed by atoms with Crippen molar-refractivity contribution < 1.29 is 28.0 Å². The molecular formula is C27H18N2O6. The maximum Gasteiger partial charge on any atom is 0.261 e. The van der Waals surface area contributed by atoms with Crippen LogP contribution in [0.4, 0.5) is 5.69 Å². The molecule has 5 aromatic rings. The number of imide groups is 1. The summed E-state index contributed by atoms with van der Waals surface area (Å²) >= 11 is 0. The number of amides is 3. The van der Waals surface area contributed by atoms with E-state index < -0.39 is 17.7 Å². The zero-order valence-electron chi connectivity index (χ0n) is 18.5. The molecule has 0 unspecified atom stereocenters. The lowest BCUT2D eigenvalue weighted by atomic mass is 10.0. The van der Waals surface area contributed by atoms with Crippen molar-refractivity contribution in [3.63, 3.8) is 0 Å². The summed E-state index contributed by atoms with van der Waals surface area (Å²) in [7, 11) is 1.52. The Morgan fingerprint density at radius 2 is 1.74 bits per heavy atom. The molecule has 3 amide bonds. The number of nitrogens with one attached hydrogen (secondary N) is 1. The second-order valence-corrected chi connectivity index (χ2v) is 8.14. The minimum absolute atomic E-state index is 0.0234. The number of para-hydroxylation sites is 1. The van der Waals surface area contributed by atoms with Crippen molar-refractivity contribution in [2.45, 2.75) is 6.54 Å². The van der Waals surface area contributed by atoms with Crippen molar-refractivity contribution in [3.05, 3.63) is 95.4 Å². The number of hydrogen-bond acceptors (Lipinski definition) is 6. The van der Waals surface area contributed by atoms with E-state index in [4.69, 9.17) is 13.6 Å². The maximum absolute atomic E-state index is 13.1. The summed E-state index contributed by atoms with van der Waals surface area (Å²) in [5.74, 6) is -0.394. The Hall–Kier alpha value is -4.85. The van der Waals surface area contributed by atoms with Gasteiger partial charge in [0.1, 0.15) is 22.7 Å². The normalized spacial score (nSPS) is 13.0. The van der Waals surface area contributed by atoms with Gasteiger partial charge in [-0.05, 0) is 42.5 Å². The second kappa shape index (κ2) is 7.88. The van der Waals surface area contributed by atoms with Gasteiger partial charge in [-0.15, -0.1) is 0 Å². The van der Waals surface area contributed by atoms with Crippen LogP contribution in [0.3, 0.4) is 0 Å². The van der Waals surface area contributed by atoms with Crippen LogP contribution in [0, 0.1) is 0 Å². The van der Waals surface area contributed by atoms with Crippen LogP contribution >= 0.6 is 0 Å². The number of carbonyl (C=O) groups excluding carboxylic acids is 3. The maximum atomic E-state index is 13.1. The molecule has 0 spiro atoms. The Bertz CT molecular complexity index is 1650. The number of carbonyl (C=O) groups is 3. The van der Waals surface area contributed by atoms with Crippen LogP contribution in [0.1, 0.15) is 36.8 Å². The Morgan fingerprint density at radius 3 is 2.54 bits per heavy atom. The fourth-order valence-electron chi connectivity index (χ4n) is 4.35. The van der Waals surface area contributed by atoms with Gasteiger partial charge in [-0.1, -0.05) is 18.2 Å². The lowest BCUT2D eigenvalue weighted by Gasteiger charge is -2.11. The van der Waals surface area contributed by atoms with Gasteiger partial charge < -0.3 is 18.9 Å². The topological polar surface area (TPSA) is 102 Å². The predicted octanol–water partition coefficient (Wildman–Crippen LogP) is 5.24. The molecule has 1 N–H and O–H groups in total. The molecule has 172 valence electrons. The highest BCUT2D eigenvalue weighted by Crippen LogP contribution is 2.36. The number of fused-ring (bicyclic) bond motifs is 4. The molecule has 8 heteroatoms. The average Bonchev–Trinajstić information content (AvgIpc) is 3.57. The van der Waals surface area contributed by atoms with Crippen LogP contribution in [0.15, 0.2) is 81.8 Å². The SMILES string of the molecule is COc1cc2c(cc1NC(=O)c1ccc3c(c1)C(=O)N(Cc1ccco1)C3=O)oc1ccccc12. The number of hydrogen-bond donors (Lipinski definition) is 1. The Labute approximate surface area is 198 Å². The number of ether oxygens (including phenoxy) is 1. The number of anilines is 1. The first kappa shape index (κ1) is 20.7. The van der Waals surface area contributed by atoms with E-state index in [1.54, 1.807) is 18.2 Å². The molecule has 2 aromatic heterocycles. The largest absolute Gasteiger partial charge is 0.495 e. The summed E-state index contributed by atoms with van der Waals surface area (Å²) in [6.45, 7) is 0.0234. The first-order valence-electron chi connectivity index (χ1n) is 10.9. The second-order valence-electron chi connectivity index (χ2n) is 8.14. The fraction of sp³-hybridized carbons (Fsp3) is 0.0741. The van der Waals surface area contributed by atoms with Gasteiger partial charge in [0.25, 0.3) is 17.7 Å². The molecule has 0 atom stereocenters. The highest BCUT2D eigenvalue weighted by atomic mass is 16.5. The molecule has 0 saturated heterocycles. The van der Waals surface area contributed by atoms with Gasteiger partial charge in [-0.25, -0.2) is 0 Å². The first-order valence-corrected chi connectivity index (χ1v) is 10.9. The zero-order chi connectivity index (χ0) is 24.1. The van der Waals surface area contributed by atoms with E-state index >= 15 is 0 Å². The number of nitrogens with zero attached hydrogens (tertiary/aromatic N) is 1. The average molecular weight is 466 g/mol. The molecule has 35 heavy (non-hydrogen) atoms. The molecule has 0 bridgehead atoms. The third-order valence-electron chi connectivity index (χ3n) is 6.07. The van der Waals surface area contributed by atoms with Gasteiger partial charge in [0.15, 0.2) is 0 Å². The smallest absolute Gasteiger partial charge is 0.261 e. The molecule has 8 nitrogen and oxygen atoms in total. The van der Waals surface area contributed by atoms with E-state index in [0.717, 1.165) is 21.3 Å². The van der Waals surface area contributed by atoms with Gasteiger partial charge in [-0.2, -0.15) is 0 Å². The van der Waals surface area contributed by atoms with E-state index in [0.29, 0.717) is 22.8 Å². The third kappa shape index (κ3) is 3.34. The number of methoxy groups -OCH3 is 1. The van der Waals surface area contributed by atoms with Crippen LogP contribution in [0.25, 0.3) is 21.9 Å². The molecule has 0 radical (unpaired) electrons. The highest BCUT2D eigenvalue weighted by molar-refractivity contribution is 6.22. The summed E-state index contributed by atoms with van der Waals surface area (Å²) in [6.07, 6.45) is 1.48. The number of rotatable bonds is 5. The van der Waals surface area contributed by atoms with E-state index in [-0.39, 0.29) is 23.2 Å². The third-order valence-corrected chi connectivity index (χ3v) is 6.07. The zero-order valence-corrected chi connectivity index (χ0v) is 18.5. The molecule has 0 saturated carbocycles. The molecule has 1 aliphatic heterocycles. The minimum atomic E-state index is -0.475. The molecular weight excluding hydrogens is 448 g/mol. The summed E-state index contributed by atoms with van der Waals surface area (Å²) in [4.78, 5) is 39.8. The Morgan fingerprint density at radius 1 is 0.914 bits per heavy atom. The van der Waals surface area contributed by atoms with Crippen molar-refractivity contribution in [1.82, 2.24) is 4.90 Å².